The fourth-order valence-electron chi connectivity index (χ4n) is 2.07. The standard InChI is InChI=1S/C17H22O2S/c18-9-3-12-20-13-11-19-10-8-15-6-7-16-4-1-2-5-17(16)14-15/h1-2,4-7,14,18H,3,8-13H2. The van der Waals surface area contributed by atoms with E-state index in [9.17, 15) is 0 Å². The summed E-state index contributed by atoms with van der Waals surface area (Å²) in [5.41, 5.74) is 1.33. The fourth-order valence-corrected chi connectivity index (χ4v) is 2.85. The monoisotopic (exact) mass is 290 g/mol. The van der Waals surface area contributed by atoms with Crippen LogP contribution in [-0.4, -0.2) is 36.4 Å². The lowest BCUT2D eigenvalue weighted by atomic mass is 10.1. The Hall–Kier alpha value is -1.03. The van der Waals surface area contributed by atoms with Crippen LogP contribution >= 0.6 is 11.8 Å². The van der Waals surface area contributed by atoms with E-state index >= 15 is 0 Å². The molecule has 0 spiro atoms. The molecule has 0 atom stereocenters. The quantitative estimate of drug-likeness (QED) is 0.717. The zero-order valence-corrected chi connectivity index (χ0v) is 12.6. The van der Waals surface area contributed by atoms with Gasteiger partial charge in [-0.15, -0.1) is 0 Å². The largest absolute Gasteiger partial charge is 0.396 e. The minimum atomic E-state index is 0.288. The summed E-state index contributed by atoms with van der Waals surface area (Å²) in [6, 6.07) is 15.0. The molecule has 0 unspecified atom stereocenters. The predicted octanol–water partition coefficient (Wildman–Crippen LogP) is 3.51. The summed E-state index contributed by atoms with van der Waals surface area (Å²) in [5.74, 6) is 2.03. The van der Waals surface area contributed by atoms with E-state index in [-0.39, 0.29) is 6.61 Å². The number of hydrogen-bond donors (Lipinski definition) is 1. The minimum Gasteiger partial charge on any atom is -0.396 e. The number of ether oxygens (including phenoxy) is 1. The Morgan fingerprint density at radius 3 is 2.65 bits per heavy atom. The van der Waals surface area contributed by atoms with E-state index in [1.807, 2.05) is 11.8 Å². The van der Waals surface area contributed by atoms with Crippen molar-refractivity contribution in [3.8, 4) is 0 Å². The highest BCUT2D eigenvalue weighted by Crippen LogP contribution is 2.15. The summed E-state index contributed by atoms with van der Waals surface area (Å²) < 4.78 is 5.65. The normalized spacial score (nSPS) is 11.1. The van der Waals surface area contributed by atoms with Crippen LogP contribution in [0.25, 0.3) is 10.8 Å². The van der Waals surface area contributed by atoms with Crippen molar-refractivity contribution in [3.63, 3.8) is 0 Å². The first kappa shape index (κ1) is 15.4. The van der Waals surface area contributed by atoms with E-state index in [0.717, 1.165) is 37.6 Å². The van der Waals surface area contributed by atoms with Gasteiger partial charge in [-0.05, 0) is 34.9 Å². The van der Waals surface area contributed by atoms with E-state index in [0.29, 0.717) is 0 Å². The second-order valence-electron chi connectivity index (χ2n) is 4.73. The number of benzene rings is 2. The van der Waals surface area contributed by atoms with Crippen LogP contribution in [0, 0.1) is 0 Å². The SMILES string of the molecule is OCCCSCCOCCc1ccc2ccccc2c1. The molecule has 20 heavy (non-hydrogen) atoms. The van der Waals surface area contributed by atoms with Crippen molar-refractivity contribution < 1.29 is 9.84 Å². The lowest BCUT2D eigenvalue weighted by Crippen LogP contribution is -2.02. The van der Waals surface area contributed by atoms with E-state index < -0.39 is 0 Å². The van der Waals surface area contributed by atoms with E-state index in [1.54, 1.807) is 0 Å². The Morgan fingerprint density at radius 1 is 0.950 bits per heavy atom. The van der Waals surface area contributed by atoms with Crippen LogP contribution in [0.15, 0.2) is 42.5 Å². The molecule has 2 aromatic carbocycles. The first-order valence-electron chi connectivity index (χ1n) is 7.14. The third-order valence-electron chi connectivity index (χ3n) is 3.17. The summed E-state index contributed by atoms with van der Waals surface area (Å²) >= 11 is 1.84. The molecule has 0 saturated heterocycles. The number of thioether (sulfide) groups is 1. The minimum absolute atomic E-state index is 0.288. The van der Waals surface area contributed by atoms with Crippen LogP contribution in [0.4, 0.5) is 0 Å². The molecule has 0 saturated carbocycles. The highest BCUT2D eigenvalue weighted by atomic mass is 32.2. The van der Waals surface area contributed by atoms with Crippen LogP contribution in [0.3, 0.4) is 0 Å². The van der Waals surface area contributed by atoms with Gasteiger partial charge in [-0.3, -0.25) is 0 Å². The molecule has 0 heterocycles. The molecule has 2 aromatic rings. The molecule has 0 amide bonds. The van der Waals surface area contributed by atoms with Crippen molar-refractivity contribution in [2.75, 3.05) is 31.3 Å². The maximum atomic E-state index is 8.66. The van der Waals surface area contributed by atoms with Gasteiger partial charge in [-0.2, -0.15) is 11.8 Å². The third-order valence-corrected chi connectivity index (χ3v) is 4.20. The van der Waals surface area contributed by atoms with Crippen molar-refractivity contribution >= 4 is 22.5 Å². The molecule has 0 aliphatic rings. The first-order valence-corrected chi connectivity index (χ1v) is 8.29. The van der Waals surface area contributed by atoms with Crippen LogP contribution in [0.1, 0.15) is 12.0 Å². The Bertz CT molecular complexity index is 513. The van der Waals surface area contributed by atoms with Gasteiger partial charge in [0.25, 0.3) is 0 Å². The molecular weight excluding hydrogens is 268 g/mol. The number of aliphatic hydroxyl groups excluding tert-OH is 1. The Balaban J connectivity index is 1.65. The lowest BCUT2D eigenvalue weighted by molar-refractivity contribution is 0.153. The summed E-state index contributed by atoms with van der Waals surface area (Å²) in [4.78, 5) is 0. The van der Waals surface area contributed by atoms with Crippen LogP contribution in [0.5, 0.6) is 0 Å². The Kier molecular flexibility index (Phi) is 6.92. The second kappa shape index (κ2) is 9.01. The van der Waals surface area contributed by atoms with Gasteiger partial charge in [0.2, 0.25) is 0 Å². The zero-order valence-electron chi connectivity index (χ0n) is 11.8. The fraction of sp³-hybridized carbons (Fsp3) is 0.412. The van der Waals surface area contributed by atoms with E-state index in [2.05, 4.69) is 42.5 Å². The van der Waals surface area contributed by atoms with Crippen LogP contribution in [-0.2, 0) is 11.2 Å². The Labute approximate surface area is 125 Å². The topological polar surface area (TPSA) is 29.5 Å². The maximum absolute atomic E-state index is 8.66. The zero-order chi connectivity index (χ0) is 14.0. The van der Waals surface area contributed by atoms with Crippen LogP contribution < -0.4 is 0 Å². The van der Waals surface area contributed by atoms with Crippen molar-refractivity contribution in [2.24, 2.45) is 0 Å². The van der Waals surface area contributed by atoms with Gasteiger partial charge in [0.15, 0.2) is 0 Å². The molecule has 2 nitrogen and oxygen atoms in total. The average Bonchev–Trinajstić information content (AvgIpc) is 2.50. The second-order valence-corrected chi connectivity index (χ2v) is 5.96. The van der Waals surface area contributed by atoms with E-state index in [1.165, 1.54) is 16.3 Å². The molecule has 108 valence electrons. The van der Waals surface area contributed by atoms with Crippen molar-refractivity contribution in [1.29, 1.82) is 0 Å². The first-order chi connectivity index (χ1) is 9.90. The highest BCUT2D eigenvalue weighted by Gasteiger charge is 1.97. The van der Waals surface area contributed by atoms with Crippen LogP contribution in [0.2, 0.25) is 0 Å². The van der Waals surface area contributed by atoms with Gasteiger partial charge < -0.3 is 9.84 Å². The third kappa shape index (κ3) is 5.16. The molecule has 1 N–H and O–H groups in total. The average molecular weight is 290 g/mol. The molecular formula is C17H22O2S. The van der Waals surface area contributed by atoms with Gasteiger partial charge in [-0.1, -0.05) is 42.5 Å². The summed E-state index contributed by atoms with van der Waals surface area (Å²) in [6.45, 7) is 1.86. The number of hydrogen-bond acceptors (Lipinski definition) is 3. The summed E-state index contributed by atoms with van der Waals surface area (Å²) in [6.07, 6.45) is 1.84. The molecule has 0 aliphatic carbocycles. The molecule has 2 rings (SSSR count). The number of aliphatic hydroxyl groups is 1. The number of rotatable bonds is 9. The highest BCUT2D eigenvalue weighted by molar-refractivity contribution is 7.99. The Morgan fingerprint density at radius 2 is 1.80 bits per heavy atom. The van der Waals surface area contributed by atoms with Gasteiger partial charge >= 0.3 is 0 Å². The van der Waals surface area contributed by atoms with E-state index in [4.69, 9.17) is 9.84 Å². The van der Waals surface area contributed by atoms with Crippen molar-refractivity contribution in [3.05, 3.63) is 48.0 Å². The molecule has 3 heteroatoms. The van der Waals surface area contributed by atoms with Crippen molar-refractivity contribution in [2.45, 2.75) is 12.8 Å². The molecule has 0 fully saturated rings. The van der Waals surface area contributed by atoms with Gasteiger partial charge in [0, 0.05) is 12.4 Å². The summed E-state index contributed by atoms with van der Waals surface area (Å²) in [5, 5.41) is 11.2. The van der Waals surface area contributed by atoms with Gasteiger partial charge in [0.1, 0.15) is 0 Å². The smallest absolute Gasteiger partial charge is 0.0556 e. The van der Waals surface area contributed by atoms with Gasteiger partial charge in [-0.25, -0.2) is 0 Å². The lowest BCUT2D eigenvalue weighted by Gasteiger charge is -2.06. The van der Waals surface area contributed by atoms with Gasteiger partial charge in [0.05, 0.1) is 13.2 Å². The van der Waals surface area contributed by atoms with Crippen molar-refractivity contribution in [1.82, 2.24) is 0 Å². The summed E-state index contributed by atoms with van der Waals surface area (Å²) in [7, 11) is 0. The molecule has 0 aliphatic heterocycles. The molecule has 0 bridgehead atoms. The molecule has 0 aromatic heterocycles. The molecule has 0 radical (unpaired) electrons. The predicted molar refractivity (Wildman–Crippen MR) is 87.5 cm³/mol. The number of fused-ring (bicyclic) bond motifs is 1. The maximum Gasteiger partial charge on any atom is 0.0556 e.